The summed E-state index contributed by atoms with van der Waals surface area (Å²) in [6, 6.07) is 15.4. The fraction of sp³-hybridized carbons (Fsp3) is 0.200. The summed E-state index contributed by atoms with van der Waals surface area (Å²) in [5, 5.41) is 11.0. The highest BCUT2D eigenvalue weighted by Gasteiger charge is 2.46. The lowest BCUT2D eigenvalue weighted by Crippen LogP contribution is -2.29. The maximum Gasteiger partial charge on any atom is 0.296 e. The van der Waals surface area contributed by atoms with Gasteiger partial charge in [0.25, 0.3) is 11.7 Å². The average Bonchev–Trinajstić information content (AvgIpc) is 3.36. The van der Waals surface area contributed by atoms with Crippen LogP contribution in [0.2, 0.25) is 0 Å². The maximum atomic E-state index is 13.3. The van der Waals surface area contributed by atoms with Gasteiger partial charge in [-0.25, -0.2) is 4.39 Å². The van der Waals surface area contributed by atoms with Crippen LogP contribution >= 0.6 is 0 Å². The van der Waals surface area contributed by atoms with E-state index in [1.54, 1.807) is 12.1 Å². The number of furan rings is 1. The Morgan fingerprint density at radius 2 is 1.74 bits per heavy atom. The molecule has 2 aromatic carbocycles. The molecule has 0 bridgehead atoms. The van der Waals surface area contributed by atoms with Crippen molar-refractivity contribution in [2.75, 3.05) is 0 Å². The van der Waals surface area contributed by atoms with Gasteiger partial charge in [0.2, 0.25) is 0 Å². The van der Waals surface area contributed by atoms with E-state index in [1.807, 2.05) is 24.3 Å². The van der Waals surface area contributed by atoms with E-state index in [2.05, 4.69) is 13.8 Å². The van der Waals surface area contributed by atoms with Gasteiger partial charge < -0.3 is 14.4 Å². The number of nitrogens with zero attached hydrogens (tertiary/aromatic N) is 1. The van der Waals surface area contributed by atoms with Gasteiger partial charge in [0.05, 0.1) is 24.4 Å². The Hall–Kier alpha value is -3.67. The van der Waals surface area contributed by atoms with E-state index in [1.165, 1.54) is 35.4 Å². The number of carbonyl (C=O) groups excluding carboxylic acids is 2. The first-order chi connectivity index (χ1) is 14.9. The van der Waals surface area contributed by atoms with Crippen LogP contribution in [0.4, 0.5) is 4.39 Å². The van der Waals surface area contributed by atoms with Crippen LogP contribution in [0.15, 0.2) is 76.9 Å². The number of aliphatic hydroxyl groups is 1. The number of carbonyl (C=O) groups is 2. The highest BCUT2D eigenvalue weighted by atomic mass is 19.1. The van der Waals surface area contributed by atoms with Crippen LogP contribution < -0.4 is 0 Å². The van der Waals surface area contributed by atoms with Gasteiger partial charge in [0.15, 0.2) is 0 Å². The SMILES string of the molecule is CC(C)c1ccc(C2C(=C(O)c3ccc(F)cc3)C(=O)C(=O)N2Cc2ccco2)cc1. The van der Waals surface area contributed by atoms with E-state index >= 15 is 0 Å². The lowest BCUT2D eigenvalue weighted by Gasteiger charge is -2.25. The van der Waals surface area contributed by atoms with Gasteiger partial charge in [-0.05, 0) is 53.4 Å². The first-order valence-corrected chi connectivity index (χ1v) is 10.0. The highest BCUT2D eigenvalue weighted by Crippen LogP contribution is 2.40. The van der Waals surface area contributed by atoms with Gasteiger partial charge >= 0.3 is 0 Å². The number of Topliss-reactive ketones (excluding diaryl/α,β-unsaturated/α-hetero) is 1. The largest absolute Gasteiger partial charge is 0.507 e. The van der Waals surface area contributed by atoms with Crippen LogP contribution in [0.3, 0.4) is 0 Å². The smallest absolute Gasteiger partial charge is 0.296 e. The zero-order chi connectivity index (χ0) is 22.1. The predicted octanol–water partition coefficient (Wildman–Crippen LogP) is 5.16. The van der Waals surface area contributed by atoms with Crippen molar-refractivity contribution in [2.45, 2.75) is 32.4 Å². The number of halogens is 1. The third-order valence-electron chi connectivity index (χ3n) is 5.48. The Bertz CT molecular complexity index is 1130. The quantitative estimate of drug-likeness (QED) is 0.352. The molecule has 2 heterocycles. The molecule has 158 valence electrons. The van der Waals surface area contributed by atoms with E-state index in [4.69, 9.17) is 4.42 Å². The van der Waals surface area contributed by atoms with Gasteiger partial charge in [0.1, 0.15) is 17.3 Å². The van der Waals surface area contributed by atoms with Crippen molar-refractivity contribution in [2.24, 2.45) is 0 Å². The molecule has 0 radical (unpaired) electrons. The van der Waals surface area contributed by atoms with Crippen molar-refractivity contribution >= 4 is 17.4 Å². The molecule has 6 heteroatoms. The second-order valence-electron chi connectivity index (χ2n) is 7.83. The van der Waals surface area contributed by atoms with E-state index in [0.717, 1.165) is 5.56 Å². The van der Waals surface area contributed by atoms with E-state index in [0.29, 0.717) is 17.2 Å². The standard InChI is InChI=1S/C25H22FNO4/c1-15(2)16-5-7-17(8-6-16)22-21(23(28)18-9-11-19(26)12-10-18)24(29)25(30)27(22)14-20-4-3-13-31-20/h3-13,15,22,28H,14H2,1-2H3. The number of rotatable bonds is 5. The highest BCUT2D eigenvalue weighted by molar-refractivity contribution is 6.46. The minimum Gasteiger partial charge on any atom is -0.507 e. The Labute approximate surface area is 179 Å². The number of benzene rings is 2. The summed E-state index contributed by atoms with van der Waals surface area (Å²) in [6.45, 7) is 4.23. The molecule has 1 aliphatic heterocycles. The summed E-state index contributed by atoms with van der Waals surface area (Å²) in [6.07, 6.45) is 1.50. The summed E-state index contributed by atoms with van der Waals surface area (Å²) in [4.78, 5) is 27.3. The molecule has 31 heavy (non-hydrogen) atoms. The van der Waals surface area contributed by atoms with Crippen molar-refractivity contribution in [3.63, 3.8) is 0 Å². The van der Waals surface area contributed by atoms with E-state index in [9.17, 15) is 19.1 Å². The van der Waals surface area contributed by atoms with Gasteiger partial charge in [-0.3, -0.25) is 9.59 Å². The molecule has 4 rings (SSSR count). The van der Waals surface area contributed by atoms with Crippen LogP contribution in [-0.2, 0) is 16.1 Å². The van der Waals surface area contributed by atoms with Crippen molar-refractivity contribution < 1.29 is 23.5 Å². The number of ketones is 1. The third-order valence-corrected chi connectivity index (χ3v) is 5.48. The third kappa shape index (κ3) is 3.89. The molecule has 1 N–H and O–H groups in total. The Balaban J connectivity index is 1.84. The van der Waals surface area contributed by atoms with Crippen molar-refractivity contribution in [3.05, 3.63) is 101 Å². The molecule has 3 aromatic rings. The van der Waals surface area contributed by atoms with Crippen LogP contribution in [0, 0.1) is 5.82 Å². The van der Waals surface area contributed by atoms with Crippen molar-refractivity contribution in [1.82, 2.24) is 4.90 Å². The maximum absolute atomic E-state index is 13.3. The molecule has 0 aliphatic carbocycles. The molecule has 1 unspecified atom stereocenters. The first-order valence-electron chi connectivity index (χ1n) is 10.0. The number of amides is 1. The number of likely N-dealkylation sites (tertiary alicyclic amines) is 1. The molecular formula is C25H22FNO4. The zero-order valence-electron chi connectivity index (χ0n) is 17.2. The second-order valence-corrected chi connectivity index (χ2v) is 7.83. The summed E-state index contributed by atoms with van der Waals surface area (Å²) in [5.41, 5.74) is 2.05. The van der Waals surface area contributed by atoms with Gasteiger partial charge in [-0.2, -0.15) is 0 Å². The summed E-state index contributed by atoms with van der Waals surface area (Å²) >= 11 is 0. The van der Waals surface area contributed by atoms with Gasteiger partial charge in [-0.1, -0.05) is 38.1 Å². The topological polar surface area (TPSA) is 70.8 Å². The normalized spacial score (nSPS) is 18.2. The van der Waals surface area contributed by atoms with Crippen LogP contribution in [-0.4, -0.2) is 21.7 Å². The van der Waals surface area contributed by atoms with Gasteiger partial charge in [0, 0.05) is 5.56 Å². The molecule has 1 atom stereocenters. The Kier molecular flexibility index (Phi) is 5.46. The second kappa shape index (κ2) is 8.22. The van der Waals surface area contributed by atoms with Crippen LogP contribution in [0.1, 0.15) is 48.3 Å². The molecule has 0 spiro atoms. The zero-order valence-corrected chi connectivity index (χ0v) is 17.2. The lowest BCUT2D eigenvalue weighted by atomic mass is 9.93. The Morgan fingerprint density at radius 1 is 1.06 bits per heavy atom. The summed E-state index contributed by atoms with van der Waals surface area (Å²) < 4.78 is 18.7. The number of hydrogen-bond acceptors (Lipinski definition) is 4. The lowest BCUT2D eigenvalue weighted by molar-refractivity contribution is -0.140. The Morgan fingerprint density at radius 3 is 2.32 bits per heavy atom. The molecule has 1 amide bonds. The molecule has 5 nitrogen and oxygen atoms in total. The molecule has 1 saturated heterocycles. The number of hydrogen-bond donors (Lipinski definition) is 1. The van der Waals surface area contributed by atoms with E-state index in [-0.39, 0.29) is 23.4 Å². The first kappa shape index (κ1) is 20.6. The van der Waals surface area contributed by atoms with Gasteiger partial charge in [-0.15, -0.1) is 0 Å². The fourth-order valence-corrected chi connectivity index (χ4v) is 3.79. The predicted molar refractivity (Wildman–Crippen MR) is 113 cm³/mol. The minimum atomic E-state index is -0.795. The molecule has 1 aromatic heterocycles. The molecular weight excluding hydrogens is 397 g/mol. The molecule has 1 aliphatic rings. The van der Waals surface area contributed by atoms with Crippen LogP contribution in [0.5, 0.6) is 0 Å². The van der Waals surface area contributed by atoms with Crippen molar-refractivity contribution in [1.29, 1.82) is 0 Å². The monoisotopic (exact) mass is 419 g/mol. The summed E-state index contributed by atoms with van der Waals surface area (Å²) in [7, 11) is 0. The van der Waals surface area contributed by atoms with E-state index < -0.39 is 23.5 Å². The van der Waals surface area contributed by atoms with Crippen LogP contribution in [0.25, 0.3) is 5.76 Å². The number of aliphatic hydroxyl groups excluding tert-OH is 1. The fourth-order valence-electron chi connectivity index (χ4n) is 3.79. The minimum absolute atomic E-state index is 0.0274. The van der Waals surface area contributed by atoms with Crippen molar-refractivity contribution in [3.8, 4) is 0 Å². The molecule has 1 fully saturated rings. The summed E-state index contributed by atoms with van der Waals surface area (Å²) in [5.74, 6) is -1.46. The average molecular weight is 419 g/mol. The molecule has 0 saturated carbocycles.